The lowest BCUT2D eigenvalue weighted by Gasteiger charge is -2.28. The Kier molecular flexibility index (Phi) is 8.03. The Morgan fingerprint density at radius 2 is 1.69 bits per heavy atom. The molecule has 0 spiro atoms. The fraction of sp³-hybridized carbons (Fsp3) is 0.548. The number of aryl methyl sites for hydroxylation is 1. The van der Waals surface area contributed by atoms with Crippen molar-refractivity contribution in [2.75, 3.05) is 19.0 Å². The van der Waals surface area contributed by atoms with Gasteiger partial charge in [0.1, 0.15) is 17.5 Å². The average molecular weight is 489 g/mol. The van der Waals surface area contributed by atoms with E-state index in [-0.39, 0.29) is 11.9 Å². The average Bonchev–Trinajstić information content (AvgIpc) is 3.28. The number of fused-ring (bicyclic) bond motifs is 2. The van der Waals surface area contributed by atoms with Crippen molar-refractivity contribution < 1.29 is 4.39 Å². The molecule has 4 nitrogen and oxygen atoms in total. The number of aromatic nitrogens is 2. The molecule has 1 fully saturated rings. The number of anilines is 1. The zero-order valence-electron chi connectivity index (χ0n) is 21.9. The van der Waals surface area contributed by atoms with Crippen LogP contribution in [0.4, 0.5) is 10.2 Å². The number of hydrogen-bond acceptors (Lipinski definition) is 4. The lowest BCUT2D eigenvalue weighted by atomic mass is 9.78. The molecule has 36 heavy (non-hydrogen) atoms. The molecular weight excluding hydrogens is 447 g/mol. The molecule has 0 saturated heterocycles. The van der Waals surface area contributed by atoms with E-state index in [1.165, 1.54) is 63.4 Å². The minimum Gasteiger partial charge on any atom is -0.384 e. The molecule has 5 rings (SSSR count). The van der Waals surface area contributed by atoms with Crippen LogP contribution in [0.3, 0.4) is 0 Å². The summed E-state index contributed by atoms with van der Waals surface area (Å²) in [4.78, 5) is 11.8. The van der Waals surface area contributed by atoms with Gasteiger partial charge >= 0.3 is 0 Å². The summed E-state index contributed by atoms with van der Waals surface area (Å²) in [5.41, 5.74) is 2.49. The highest BCUT2D eigenvalue weighted by Gasteiger charge is 2.28. The number of nitrogens with one attached hydrogen (secondary N) is 1. The van der Waals surface area contributed by atoms with E-state index in [9.17, 15) is 4.39 Å². The molecule has 1 aromatic heterocycles. The van der Waals surface area contributed by atoms with Gasteiger partial charge in [0, 0.05) is 31.8 Å². The quantitative estimate of drug-likeness (QED) is 0.357. The van der Waals surface area contributed by atoms with E-state index in [1.54, 1.807) is 12.2 Å². The first kappa shape index (κ1) is 25.0. The minimum absolute atomic E-state index is 0.116. The maximum atomic E-state index is 13.4. The lowest BCUT2D eigenvalue weighted by molar-refractivity contribution is 0.246. The normalized spacial score (nSPS) is 25.3. The number of benzene rings is 1. The first-order valence-corrected chi connectivity index (χ1v) is 14.0. The van der Waals surface area contributed by atoms with Crippen LogP contribution in [0.5, 0.6) is 0 Å². The molecule has 0 radical (unpaired) electrons. The van der Waals surface area contributed by atoms with E-state index in [4.69, 9.17) is 9.97 Å². The van der Waals surface area contributed by atoms with Gasteiger partial charge in [-0.05, 0) is 67.2 Å². The molecule has 2 atom stereocenters. The van der Waals surface area contributed by atoms with Crippen LogP contribution in [0.2, 0.25) is 0 Å². The molecule has 2 heterocycles. The van der Waals surface area contributed by atoms with Crippen LogP contribution in [-0.2, 0) is 6.42 Å². The summed E-state index contributed by atoms with van der Waals surface area (Å²) in [6.45, 7) is 0. The van der Waals surface area contributed by atoms with Gasteiger partial charge < -0.3 is 10.2 Å². The summed E-state index contributed by atoms with van der Waals surface area (Å²) in [6.07, 6.45) is 21.5. The van der Waals surface area contributed by atoms with Gasteiger partial charge in [0.2, 0.25) is 0 Å². The minimum atomic E-state index is -0.116. The van der Waals surface area contributed by atoms with Gasteiger partial charge in [0.15, 0.2) is 0 Å². The lowest BCUT2D eigenvalue weighted by Crippen LogP contribution is -2.25. The third-order valence-electron chi connectivity index (χ3n) is 8.44. The van der Waals surface area contributed by atoms with E-state index in [2.05, 4.69) is 54.8 Å². The Hall–Kier alpha value is -2.69. The van der Waals surface area contributed by atoms with Crippen LogP contribution >= 0.6 is 0 Å². The third kappa shape index (κ3) is 5.99. The number of halogens is 1. The van der Waals surface area contributed by atoms with Crippen LogP contribution in [0.25, 0.3) is 10.9 Å². The largest absolute Gasteiger partial charge is 0.384 e. The molecular formula is C31H41FN4. The standard InChI is InChI=1S/C31H41FN4/c1-36(2)31-27-11-5-6-12-28(27)34-30(35-31)13-7-9-23-16-14-22(15-17-23)8-3-4-10-24-21-33-29-20-25(32)18-19-26(24)29/h5-6,11-12,18-23,26,29,33H,3-4,7-10,13-17H2,1-2H3. The highest BCUT2D eigenvalue weighted by Crippen LogP contribution is 2.36. The molecule has 1 aromatic carbocycles. The Bertz CT molecular complexity index is 1130. The van der Waals surface area contributed by atoms with Crippen LogP contribution < -0.4 is 10.2 Å². The number of allylic oxidation sites excluding steroid dienone is 2. The molecule has 2 unspecified atom stereocenters. The SMILES string of the molecule is CN(C)c1nc(CCCC2CCC(CCCCC3=CNC4C=C(F)C=CC34)CC2)nc2ccccc12. The first-order valence-electron chi connectivity index (χ1n) is 14.0. The molecule has 1 aliphatic heterocycles. The van der Waals surface area contributed by atoms with Crippen molar-refractivity contribution in [3.63, 3.8) is 0 Å². The van der Waals surface area contributed by atoms with Gasteiger partial charge in [-0.2, -0.15) is 0 Å². The molecule has 1 saturated carbocycles. The van der Waals surface area contributed by atoms with Crippen molar-refractivity contribution in [3.05, 3.63) is 65.9 Å². The molecule has 0 bridgehead atoms. The number of hydrogen-bond donors (Lipinski definition) is 1. The fourth-order valence-corrected chi connectivity index (χ4v) is 6.37. The highest BCUT2D eigenvalue weighted by molar-refractivity contribution is 5.89. The van der Waals surface area contributed by atoms with E-state index in [1.807, 2.05) is 6.08 Å². The number of rotatable bonds is 10. The van der Waals surface area contributed by atoms with Crippen molar-refractivity contribution in [2.45, 2.75) is 76.7 Å². The van der Waals surface area contributed by atoms with Gasteiger partial charge in [0.25, 0.3) is 0 Å². The molecule has 5 heteroatoms. The van der Waals surface area contributed by atoms with E-state index in [0.717, 1.165) is 47.2 Å². The number of para-hydroxylation sites is 1. The summed E-state index contributed by atoms with van der Waals surface area (Å²) in [6, 6.07) is 8.45. The van der Waals surface area contributed by atoms with Gasteiger partial charge in [0.05, 0.1) is 11.6 Å². The Morgan fingerprint density at radius 3 is 2.47 bits per heavy atom. The molecule has 2 aromatic rings. The molecule has 0 amide bonds. The Balaban J connectivity index is 0.992. The molecule has 192 valence electrons. The summed E-state index contributed by atoms with van der Waals surface area (Å²) in [7, 11) is 4.12. The number of unbranched alkanes of at least 4 members (excludes halogenated alkanes) is 1. The van der Waals surface area contributed by atoms with Crippen molar-refractivity contribution in [1.82, 2.24) is 15.3 Å². The van der Waals surface area contributed by atoms with Gasteiger partial charge in [-0.1, -0.05) is 63.2 Å². The van der Waals surface area contributed by atoms with Crippen molar-refractivity contribution in [3.8, 4) is 0 Å². The van der Waals surface area contributed by atoms with E-state index < -0.39 is 0 Å². The van der Waals surface area contributed by atoms with Crippen LogP contribution in [0, 0.1) is 17.8 Å². The predicted molar refractivity (Wildman–Crippen MR) is 148 cm³/mol. The fourth-order valence-electron chi connectivity index (χ4n) is 6.37. The molecule has 1 N–H and O–H groups in total. The maximum Gasteiger partial charge on any atom is 0.139 e. The molecule has 3 aliphatic rings. The Labute approximate surface area is 215 Å². The van der Waals surface area contributed by atoms with Crippen LogP contribution in [-0.4, -0.2) is 30.1 Å². The van der Waals surface area contributed by atoms with Gasteiger partial charge in [-0.25, -0.2) is 14.4 Å². The maximum absolute atomic E-state index is 13.4. The smallest absolute Gasteiger partial charge is 0.139 e. The topological polar surface area (TPSA) is 41.1 Å². The second-order valence-electron chi connectivity index (χ2n) is 11.2. The third-order valence-corrected chi connectivity index (χ3v) is 8.44. The van der Waals surface area contributed by atoms with Crippen molar-refractivity contribution in [1.29, 1.82) is 0 Å². The monoisotopic (exact) mass is 488 g/mol. The van der Waals surface area contributed by atoms with Crippen molar-refractivity contribution in [2.24, 2.45) is 17.8 Å². The highest BCUT2D eigenvalue weighted by atomic mass is 19.1. The second-order valence-corrected chi connectivity index (χ2v) is 11.2. The first-order chi connectivity index (χ1) is 17.6. The summed E-state index contributed by atoms with van der Waals surface area (Å²) < 4.78 is 13.4. The summed E-state index contributed by atoms with van der Waals surface area (Å²) >= 11 is 0. The van der Waals surface area contributed by atoms with Crippen molar-refractivity contribution >= 4 is 16.7 Å². The van der Waals surface area contributed by atoms with Crippen LogP contribution in [0.1, 0.15) is 70.0 Å². The van der Waals surface area contributed by atoms with Crippen LogP contribution in [0.15, 0.2) is 60.1 Å². The van der Waals surface area contributed by atoms with Gasteiger partial charge in [-0.15, -0.1) is 0 Å². The van der Waals surface area contributed by atoms with E-state index in [0.29, 0.717) is 5.92 Å². The predicted octanol–water partition coefficient (Wildman–Crippen LogP) is 7.28. The molecule has 2 aliphatic carbocycles. The summed E-state index contributed by atoms with van der Waals surface area (Å²) in [5.74, 6) is 4.02. The zero-order chi connectivity index (χ0) is 24.9. The number of nitrogens with zero attached hydrogens (tertiary/aromatic N) is 3. The zero-order valence-corrected chi connectivity index (χ0v) is 21.9. The second kappa shape index (κ2) is 11.6. The Morgan fingerprint density at radius 1 is 0.944 bits per heavy atom. The van der Waals surface area contributed by atoms with Gasteiger partial charge in [-0.3, -0.25) is 0 Å². The summed E-state index contributed by atoms with van der Waals surface area (Å²) in [5, 5.41) is 4.47. The van der Waals surface area contributed by atoms with E-state index >= 15 is 0 Å².